The maximum absolute atomic E-state index is 6.03. The quantitative estimate of drug-likeness (QED) is 0.629. The summed E-state index contributed by atoms with van der Waals surface area (Å²) in [5.74, 6) is 5.72. The highest BCUT2D eigenvalue weighted by Crippen LogP contribution is 2.27. The van der Waals surface area contributed by atoms with Crippen LogP contribution < -0.4 is 11.3 Å². The molecular formula is C16H18BrClN2. The monoisotopic (exact) mass is 352 g/mol. The van der Waals surface area contributed by atoms with Crippen molar-refractivity contribution in [2.45, 2.75) is 26.3 Å². The molecule has 0 bridgehead atoms. The number of hydrogen-bond donors (Lipinski definition) is 2. The predicted molar refractivity (Wildman–Crippen MR) is 88.8 cm³/mol. The van der Waals surface area contributed by atoms with Crippen molar-refractivity contribution in [3.8, 4) is 0 Å². The van der Waals surface area contributed by atoms with Crippen LogP contribution in [0.1, 0.15) is 28.3 Å². The highest BCUT2D eigenvalue weighted by atomic mass is 79.9. The summed E-state index contributed by atoms with van der Waals surface area (Å²) < 4.78 is 0.886. The van der Waals surface area contributed by atoms with Gasteiger partial charge < -0.3 is 0 Å². The fraction of sp³-hybridized carbons (Fsp3) is 0.250. The molecule has 0 aliphatic carbocycles. The zero-order chi connectivity index (χ0) is 14.7. The number of hydrogen-bond acceptors (Lipinski definition) is 2. The SMILES string of the molecule is Cc1cc(C)cc(CC(NN)c2ccc(Cl)c(Br)c2)c1. The van der Waals surface area contributed by atoms with Crippen LogP contribution in [0.25, 0.3) is 0 Å². The van der Waals surface area contributed by atoms with E-state index in [0.717, 1.165) is 16.5 Å². The minimum Gasteiger partial charge on any atom is -0.271 e. The highest BCUT2D eigenvalue weighted by molar-refractivity contribution is 9.10. The highest BCUT2D eigenvalue weighted by Gasteiger charge is 2.12. The second-order valence-electron chi connectivity index (χ2n) is 5.09. The molecule has 1 unspecified atom stereocenters. The number of aryl methyl sites for hydroxylation is 2. The van der Waals surface area contributed by atoms with Gasteiger partial charge in [-0.3, -0.25) is 11.3 Å². The Kier molecular flexibility index (Phi) is 5.22. The van der Waals surface area contributed by atoms with Crippen molar-refractivity contribution in [3.63, 3.8) is 0 Å². The van der Waals surface area contributed by atoms with Crippen molar-refractivity contribution in [2.75, 3.05) is 0 Å². The van der Waals surface area contributed by atoms with Crippen LogP contribution in [0.5, 0.6) is 0 Å². The minimum atomic E-state index is 0.0600. The van der Waals surface area contributed by atoms with Crippen LogP contribution >= 0.6 is 27.5 Å². The largest absolute Gasteiger partial charge is 0.271 e. The van der Waals surface area contributed by atoms with Gasteiger partial charge in [-0.15, -0.1) is 0 Å². The smallest absolute Gasteiger partial charge is 0.0548 e. The van der Waals surface area contributed by atoms with Crippen LogP contribution in [0.4, 0.5) is 0 Å². The molecule has 3 N–H and O–H groups in total. The Hall–Kier alpha value is -0.870. The summed E-state index contributed by atoms with van der Waals surface area (Å²) in [6.07, 6.45) is 0.840. The van der Waals surface area contributed by atoms with Gasteiger partial charge >= 0.3 is 0 Å². The minimum absolute atomic E-state index is 0.0600. The van der Waals surface area contributed by atoms with Gasteiger partial charge in [0, 0.05) is 4.47 Å². The lowest BCUT2D eigenvalue weighted by atomic mass is 9.97. The molecule has 2 nitrogen and oxygen atoms in total. The van der Waals surface area contributed by atoms with E-state index < -0.39 is 0 Å². The Balaban J connectivity index is 2.26. The van der Waals surface area contributed by atoms with Gasteiger partial charge in [-0.1, -0.05) is 47.0 Å². The van der Waals surface area contributed by atoms with Crippen molar-refractivity contribution in [1.82, 2.24) is 5.43 Å². The van der Waals surface area contributed by atoms with E-state index in [4.69, 9.17) is 17.4 Å². The van der Waals surface area contributed by atoms with Gasteiger partial charge in [-0.05, 0) is 59.5 Å². The lowest BCUT2D eigenvalue weighted by Gasteiger charge is -2.18. The van der Waals surface area contributed by atoms with Gasteiger partial charge in [0.25, 0.3) is 0 Å². The van der Waals surface area contributed by atoms with Crippen LogP contribution in [0.3, 0.4) is 0 Å². The standard InChI is InChI=1S/C16H18BrClN2/c1-10-5-11(2)7-12(6-10)8-16(20-19)13-3-4-15(18)14(17)9-13/h3-7,9,16,20H,8,19H2,1-2H3. The molecule has 0 aliphatic heterocycles. The van der Waals surface area contributed by atoms with E-state index in [0.29, 0.717) is 5.02 Å². The molecule has 2 rings (SSSR count). The van der Waals surface area contributed by atoms with E-state index in [9.17, 15) is 0 Å². The summed E-state index contributed by atoms with van der Waals surface area (Å²) in [6.45, 7) is 4.22. The average molecular weight is 354 g/mol. The van der Waals surface area contributed by atoms with Crippen molar-refractivity contribution in [3.05, 3.63) is 68.1 Å². The first kappa shape index (κ1) is 15.5. The first-order valence-corrected chi connectivity index (χ1v) is 7.65. The Morgan fingerprint density at radius 3 is 2.35 bits per heavy atom. The molecule has 0 aliphatic rings. The third kappa shape index (κ3) is 3.83. The molecule has 20 heavy (non-hydrogen) atoms. The molecule has 0 spiro atoms. The lowest BCUT2D eigenvalue weighted by molar-refractivity contribution is 0.551. The molecule has 1 atom stereocenters. The molecule has 0 heterocycles. The average Bonchev–Trinajstić information content (AvgIpc) is 2.38. The fourth-order valence-electron chi connectivity index (χ4n) is 2.42. The van der Waals surface area contributed by atoms with Crippen molar-refractivity contribution < 1.29 is 0 Å². The van der Waals surface area contributed by atoms with Gasteiger partial charge in [0.1, 0.15) is 0 Å². The molecule has 0 saturated heterocycles. The van der Waals surface area contributed by atoms with Crippen molar-refractivity contribution in [1.29, 1.82) is 0 Å². The van der Waals surface area contributed by atoms with Gasteiger partial charge in [-0.2, -0.15) is 0 Å². The first-order valence-electron chi connectivity index (χ1n) is 6.48. The van der Waals surface area contributed by atoms with Gasteiger partial charge in [0.05, 0.1) is 11.1 Å². The number of hydrazine groups is 1. The summed E-state index contributed by atoms with van der Waals surface area (Å²) in [5, 5.41) is 0.705. The van der Waals surface area contributed by atoms with E-state index in [1.54, 1.807) is 0 Å². The van der Waals surface area contributed by atoms with E-state index in [2.05, 4.69) is 53.4 Å². The molecule has 2 aromatic carbocycles. The Morgan fingerprint density at radius 2 is 1.80 bits per heavy atom. The normalized spacial score (nSPS) is 12.4. The molecule has 2 aromatic rings. The van der Waals surface area contributed by atoms with Crippen LogP contribution in [-0.2, 0) is 6.42 Å². The van der Waals surface area contributed by atoms with Gasteiger partial charge in [-0.25, -0.2) is 0 Å². The molecule has 4 heteroatoms. The zero-order valence-corrected chi connectivity index (χ0v) is 13.9. The first-order chi connectivity index (χ1) is 9.49. The Bertz CT molecular complexity index is 593. The summed E-state index contributed by atoms with van der Waals surface area (Å²) in [7, 11) is 0. The predicted octanol–water partition coefficient (Wildman–Crippen LogP) is 4.47. The number of nitrogens with one attached hydrogen (secondary N) is 1. The van der Waals surface area contributed by atoms with E-state index in [-0.39, 0.29) is 6.04 Å². The summed E-state index contributed by atoms with van der Waals surface area (Å²) in [4.78, 5) is 0. The zero-order valence-electron chi connectivity index (χ0n) is 11.6. The fourth-order valence-corrected chi connectivity index (χ4v) is 2.94. The van der Waals surface area contributed by atoms with E-state index >= 15 is 0 Å². The van der Waals surface area contributed by atoms with Crippen LogP contribution in [0.2, 0.25) is 5.02 Å². The van der Waals surface area contributed by atoms with E-state index in [1.807, 2.05) is 18.2 Å². The summed E-state index contributed by atoms with van der Waals surface area (Å²) in [6, 6.07) is 12.5. The van der Waals surface area contributed by atoms with Gasteiger partial charge in [0.15, 0.2) is 0 Å². The van der Waals surface area contributed by atoms with Crippen LogP contribution in [0.15, 0.2) is 40.9 Å². The van der Waals surface area contributed by atoms with E-state index in [1.165, 1.54) is 16.7 Å². The second-order valence-corrected chi connectivity index (χ2v) is 6.35. The summed E-state index contributed by atoms with van der Waals surface area (Å²) >= 11 is 9.48. The van der Waals surface area contributed by atoms with Gasteiger partial charge in [0.2, 0.25) is 0 Å². The molecule has 0 radical (unpaired) electrons. The van der Waals surface area contributed by atoms with Crippen molar-refractivity contribution >= 4 is 27.5 Å². The molecule has 0 saturated carbocycles. The maximum Gasteiger partial charge on any atom is 0.0548 e. The number of rotatable bonds is 4. The Labute approximate surface area is 133 Å². The number of benzene rings is 2. The van der Waals surface area contributed by atoms with Crippen LogP contribution in [-0.4, -0.2) is 0 Å². The molecule has 0 amide bonds. The maximum atomic E-state index is 6.03. The molecule has 0 aromatic heterocycles. The molecule has 106 valence electrons. The summed E-state index contributed by atoms with van der Waals surface area (Å²) in [5.41, 5.74) is 7.82. The third-order valence-electron chi connectivity index (χ3n) is 3.27. The topological polar surface area (TPSA) is 38.0 Å². The van der Waals surface area contributed by atoms with Crippen molar-refractivity contribution in [2.24, 2.45) is 5.84 Å². The van der Waals surface area contributed by atoms with Crippen LogP contribution in [0, 0.1) is 13.8 Å². The molecular weight excluding hydrogens is 336 g/mol. The lowest BCUT2D eigenvalue weighted by Crippen LogP contribution is -2.29. The Morgan fingerprint density at radius 1 is 1.15 bits per heavy atom. The molecule has 0 fully saturated rings. The second kappa shape index (κ2) is 6.72. The number of halogens is 2. The number of nitrogens with two attached hydrogens (primary N) is 1. The third-order valence-corrected chi connectivity index (χ3v) is 4.48.